The van der Waals surface area contributed by atoms with Gasteiger partial charge in [-0.05, 0) is 42.5 Å². The standard InChI is InChI=1S/C18H12BrNO/c19-13-10-11-18-16(12-13)20(14-6-2-1-3-7-14)15-8-4-5-9-17(15)21-18/h1-12H. The molecule has 1 aliphatic heterocycles. The van der Waals surface area contributed by atoms with Crippen molar-refractivity contribution in [1.29, 1.82) is 0 Å². The third-order valence-corrected chi connectivity index (χ3v) is 4.00. The molecule has 0 N–H and O–H groups in total. The molecule has 0 saturated carbocycles. The lowest BCUT2D eigenvalue weighted by atomic mass is 10.1. The average Bonchev–Trinajstić information content (AvgIpc) is 2.53. The molecule has 0 bridgehead atoms. The van der Waals surface area contributed by atoms with Gasteiger partial charge in [-0.15, -0.1) is 0 Å². The summed E-state index contributed by atoms with van der Waals surface area (Å²) in [6, 6.07) is 24.5. The van der Waals surface area contributed by atoms with Crippen LogP contribution in [0.3, 0.4) is 0 Å². The lowest BCUT2D eigenvalue weighted by Crippen LogP contribution is -2.15. The number of nitrogens with zero attached hydrogens (tertiary/aromatic N) is 1. The normalized spacial score (nSPS) is 12.3. The monoisotopic (exact) mass is 337 g/mol. The Labute approximate surface area is 131 Å². The minimum Gasteiger partial charge on any atom is -0.453 e. The van der Waals surface area contributed by atoms with E-state index in [2.05, 4.69) is 45.1 Å². The van der Waals surface area contributed by atoms with Crippen LogP contribution in [0.2, 0.25) is 0 Å². The van der Waals surface area contributed by atoms with Gasteiger partial charge in [0.2, 0.25) is 0 Å². The number of ether oxygens (including phenoxy) is 1. The predicted molar refractivity (Wildman–Crippen MR) is 88.9 cm³/mol. The van der Waals surface area contributed by atoms with Crippen LogP contribution >= 0.6 is 15.9 Å². The van der Waals surface area contributed by atoms with E-state index in [1.54, 1.807) is 0 Å². The molecular weight excluding hydrogens is 326 g/mol. The highest BCUT2D eigenvalue weighted by Crippen LogP contribution is 2.50. The average molecular weight is 338 g/mol. The van der Waals surface area contributed by atoms with Gasteiger partial charge in [-0.1, -0.05) is 46.3 Å². The van der Waals surface area contributed by atoms with Crippen molar-refractivity contribution >= 4 is 33.0 Å². The topological polar surface area (TPSA) is 12.5 Å². The maximum absolute atomic E-state index is 6.02. The first-order valence-corrected chi connectivity index (χ1v) is 7.54. The van der Waals surface area contributed by atoms with Gasteiger partial charge in [-0.25, -0.2) is 0 Å². The third kappa shape index (κ3) is 2.10. The molecule has 0 fully saturated rings. The van der Waals surface area contributed by atoms with Crippen LogP contribution in [0.15, 0.2) is 77.3 Å². The molecule has 102 valence electrons. The van der Waals surface area contributed by atoms with Crippen molar-refractivity contribution in [3.63, 3.8) is 0 Å². The molecule has 2 nitrogen and oxygen atoms in total. The summed E-state index contributed by atoms with van der Waals surface area (Å²) in [6.07, 6.45) is 0. The van der Waals surface area contributed by atoms with Gasteiger partial charge in [-0.2, -0.15) is 0 Å². The van der Waals surface area contributed by atoms with Crippen molar-refractivity contribution in [3.05, 3.63) is 77.3 Å². The van der Waals surface area contributed by atoms with Gasteiger partial charge in [0, 0.05) is 10.2 Å². The van der Waals surface area contributed by atoms with Crippen LogP contribution in [0.4, 0.5) is 17.1 Å². The number of fused-ring (bicyclic) bond motifs is 2. The first-order valence-electron chi connectivity index (χ1n) is 6.74. The predicted octanol–water partition coefficient (Wildman–Crippen LogP) is 6.02. The molecule has 3 heteroatoms. The van der Waals surface area contributed by atoms with Gasteiger partial charge in [0.25, 0.3) is 0 Å². The molecule has 3 aromatic carbocycles. The maximum Gasteiger partial charge on any atom is 0.151 e. The summed E-state index contributed by atoms with van der Waals surface area (Å²) in [5, 5.41) is 0. The number of halogens is 1. The van der Waals surface area contributed by atoms with E-state index in [9.17, 15) is 0 Å². The Kier molecular flexibility index (Phi) is 2.93. The molecule has 0 amide bonds. The Bertz CT molecular complexity index is 801. The molecule has 21 heavy (non-hydrogen) atoms. The second kappa shape index (κ2) is 4.93. The Morgan fingerprint density at radius 3 is 2.29 bits per heavy atom. The second-order valence-corrected chi connectivity index (χ2v) is 5.77. The summed E-state index contributed by atoms with van der Waals surface area (Å²) >= 11 is 3.55. The van der Waals surface area contributed by atoms with Crippen molar-refractivity contribution in [2.75, 3.05) is 4.90 Å². The molecule has 0 unspecified atom stereocenters. The zero-order chi connectivity index (χ0) is 14.2. The van der Waals surface area contributed by atoms with Crippen LogP contribution in [-0.2, 0) is 0 Å². The van der Waals surface area contributed by atoms with E-state index in [4.69, 9.17) is 4.74 Å². The van der Waals surface area contributed by atoms with Crippen molar-refractivity contribution in [2.45, 2.75) is 0 Å². The van der Waals surface area contributed by atoms with Crippen molar-refractivity contribution in [1.82, 2.24) is 0 Å². The highest BCUT2D eigenvalue weighted by molar-refractivity contribution is 9.10. The lowest BCUT2D eigenvalue weighted by molar-refractivity contribution is 0.477. The molecular formula is C18H12BrNO. The van der Waals surface area contributed by atoms with Crippen molar-refractivity contribution in [2.24, 2.45) is 0 Å². The van der Waals surface area contributed by atoms with Crippen molar-refractivity contribution in [3.8, 4) is 11.5 Å². The molecule has 0 saturated heterocycles. The number of hydrogen-bond acceptors (Lipinski definition) is 2. The first-order chi connectivity index (χ1) is 10.3. The fourth-order valence-electron chi connectivity index (χ4n) is 2.58. The zero-order valence-corrected chi connectivity index (χ0v) is 12.7. The lowest BCUT2D eigenvalue weighted by Gasteiger charge is -2.32. The van der Waals surface area contributed by atoms with Gasteiger partial charge in [0.05, 0.1) is 11.4 Å². The van der Waals surface area contributed by atoms with Gasteiger partial charge in [-0.3, -0.25) is 0 Å². The van der Waals surface area contributed by atoms with Crippen LogP contribution in [0.25, 0.3) is 0 Å². The van der Waals surface area contributed by atoms with Gasteiger partial charge < -0.3 is 9.64 Å². The fraction of sp³-hybridized carbons (Fsp3) is 0. The molecule has 1 heterocycles. The third-order valence-electron chi connectivity index (χ3n) is 3.50. The number of hydrogen-bond donors (Lipinski definition) is 0. The number of benzene rings is 3. The molecule has 0 radical (unpaired) electrons. The maximum atomic E-state index is 6.02. The number of para-hydroxylation sites is 3. The smallest absolute Gasteiger partial charge is 0.151 e. The summed E-state index contributed by atoms with van der Waals surface area (Å²) in [5.41, 5.74) is 3.20. The molecule has 0 aliphatic carbocycles. The van der Waals surface area contributed by atoms with E-state index >= 15 is 0 Å². The molecule has 1 aliphatic rings. The molecule has 0 aromatic heterocycles. The van der Waals surface area contributed by atoms with Gasteiger partial charge >= 0.3 is 0 Å². The van der Waals surface area contributed by atoms with Crippen LogP contribution in [0.5, 0.6) is 11.5 Å². The number of rotatable bonds is 1. The molecule has 0 spiro atoms. The first kappa shape index (κ1) is 12.5. The Balaban J connectivity index is 1.98. The highest BCUT2D eigenvalue weighted by atomic mass is 79.9. The van der Waals surface area contributed by atoms with E-state index in [1.165, 1.54) is 0 Å². The van der Waals surface area contributed by atoms with Crippen LogP contribution in [0.1, 0.15) is 0 Å². The Hall–Kier alpha value is -2.26. The van der Waals surface area contributed by atoms with Gasteiger partial charge in [0.15, 0.2) is 11.5 Å². The summed E-state index contributed by atoms with van der Waals surface area (Å²) < 4.78 is 7.05. The van der Waals surface area contributed by atoms with Crippen LogP contribution in [0, 0.1) is 0 Å². The van der Waals surface area contributed by atoms with Crippen LogP contribution < -0.4 is 9.64 Å². The van der Waals surface area contributed by atoms with E-state index in [-0.39, 0.29) is 0 Å². The Morgan fingerprint density at radius 1 is 0.714 bits per heavy atom. The van der Waals surface area contributed by atoms with Crippen LogP contribution in [-0.4, -0.2) is 0 Å². The minimum atomic E-state index is 0.862. The zero-order valence-electron chi connectivity index (χ0n) is 11.2. The summed E-state index contributed by atoms with van der Waals surface area (Å²) in [6.45, 7) is 0. The fourth-order valence-corrected chi connectivity index (χ4v) is 2.93. The molecule has 4 rings (SSSR count). The van der Waals surface area contributed by atoms with E-state index in [1.807, 2.05) is 48.5 Å². The Morgan fingerprint density at radius 2 is 1.43 bits per heavy atom. The van der Waals surface area contributed by atoms with E-state index in [0.29, 0.717) is 0 Å². The SMILES string of the molecule is Brc1ccc2c(c1)N(c1ccccc1)c1ccccc1O2. The molecule has 3 aromatic rings. The van der Waals surface area contributed by atoms with E-state index < -0.39 is 0 Å². The second-order valence-electron chi connectivity index (χ2n) is 4.85. The van der Waals surface area contributed by atoms with Crippen molar-refractivity contribution < 1.29 is 4.74 Å². The largest absolute Gasteiger partial charge is 0.453 e. The molecule has 0 atom stereocenters. The van der Waals surface area contributed by atoms with E-state index in [0.717, 1.165) is 33.0 Å². The quantitative estimate of drug-likeness (QED) is 0.420. The summed E-state index contributed by atoms with van der Waals surface area (Å²) in [7, 11) is 0. The number of anilines is 3. The highest BCUT2D eigenvalue weighted by Gasteiger charge is 2.25. The van der Waals surface area contributed by atoms with Gasteiger partial charge in [0.1, 0.15) is 0 Å². The minimum absolute atomic E-state index is 0.862. The summed E-state index contributed by atoms with van der Waals surface area (Å²) in [5.74, 6) is 1.73. The summed E-state index contributed by atoms with van der Waals surface area (Å²) in [4.78, 5) is 2.22.